The summed E-state index contributed by atoms with van der Waals surface area (Å²) in [6.07, 6.45) is 1.80. The minimum Gasteiger partial charge on any atom is -0.508 e. The Kier molecular flexibility index (Phi) is 4.35. The number of rotatable bonds is 4. The third-order valence-electron chi connectivity index (χ3n) is 2.98. The molecule has 20 heavy (non-hydrogen) atoms. The summed E-state index contributed by atoms with van der Waals surface area (Å²) in [6.45, 7) is 2.05. The van der Waals surface area contributed by atoms with Crippen molar-refractivity contribution in [3.05, 3.63) is 59.4 Å². The van der Waals surface area contributed by atoms with Crippen molar-refractivity contribution in [3.8, 4) is 5.75 Å². The number of carbonyl (C=O) groups excluding carboxylic acids is 1. The van der Waals surface area contributed by atoms with E-state index in [1.165, 1.54) is 12.1 Å². The summed E-state index contributed by atoms with van der Waals surface area (Å²) in [6, 6.07) is 10.9. The Labute approximate surface area is 117 Å². The molecule has 1 amide bonds. The standard InChI is InChI=1S/C16H16FNO2/c1-2-5-11-6-3-4-7-15(11)18-16(20)13-9-8-12(19)10-14(13)17/h3-4,6-10,19H,2,5H2,1H3,(H,18,20). The van der Waals surface area contributed by atoms with Gasteiger partial charge >= 0.3 is 0 Å². The molecule has 0 atom stereocenters. The smallest absolute Gasteiger partial charge is 0.258 e. The molecule has 2 aromatic carbocycles. The molecule has 3 nitrogen and oxygen atoms in total. The quantitative estimate of drug-likeness (QED) is 0.891. The van der Waals surface area contributed by atoms with Gasteiger partial charge in [0, 0.05) is 11.8 Å². The molecule has 0 unspecified atom stereocenters. The van der Waals surface area contributed by atoms with Crippen molar-refractivity contribution in [2.45, 2.75) is 19.8 Å². The summed E-state index contributed by atoms with van der Waals surface area (Å²) in [4.78, 5) is 12.1. The van der Waals surface area contributed by atoms with Crippen LogP contribution in [0.3, 0.4) is 0 Å². The molecule has 0 spiro atoms. The number of benzene rings is 2. The van der Waals surface area contributed by atoms with Gasteiger partial charge in [-0.2, -0.15) is 0 Å². The van der Waals surface area contributed by atoms with Gasteiger partial charge in [0.15, 0.2) is 0 Å². The highest BCUT2D eigenvalue weighted by Crippen LogP contribution is 2.20. The van der Waals surface area contributed by atoms with Crippen LogP contribution in [0.4, 0.5) is 10.1 Å². The van der Waals surface area contributed by atoms with Crippen molar-refractivity contribution >= 4 is 11.6 Å². The Hall–Kier alpha value is -2.36. The summed E-state index contributed by atoms with van der Waals surface area (Å²) >= 11 is 0. The van der Waals surface area contributed by atoms with Crippen LogP contribution in [-0.2, 0) is 6.42 Å². The lowest BCUT2D eigenvalue weighted by Crippen LogP contribution is -2.14. The number of phenolic OH excluding ortho intramolecular Hbond substituents is 1. The molecular formula is C16H16FNO2. The zero-order valence-electron chi connectivity index (χ0n) is 11.2. The fraction of sp³-hybridized carbons (Fsp3) is 0.188. The molecule has 2 aromatic rings. The number of phenols is 1. The fourth-order valence-electron chi connectivity index (χ4n) is 2.01. The Balaban J connectivity index is 2.23. The highest BCUT2D eigenvalue weighted by Gasteiger charge is 2.13. The first kappa shape index (κ1) is 14.1. The molecule has 0 heterocycles. The van der Waals surface area contributed by atoms with Gasteiger partial charge in [-0.25, -0.2) is 4.39 Å². The fourth-order valence-corrected chi connectivity index (χ4v) is 2.01. The maximum Gasteiger partial charge on any atom is 0.258 e. The molecule has 2 N–H and O–H groups in total. The van der Waals surface area contributed by atoms with E-state index in [0.29, 0.717) is 5.69 Å². The molecule has 0 aliphatic carbocycles. The lowest BCUT2D eigenvalue weighted by Gasteiger charge is -2.11. The summed E-state index contributed by atoms with van der Waals surface area (Å²) in [5.74, 6) is -1.47. The van der Waals surface area contributed by atoms with E-state index in [4.69, 9.17) is 5.11 Å². The SMILES string of the molecule is CCCc1ccccc1NC(=O)c1ccc(O)cc1F. The molecule has 104 valence electrons. The minimum absolute atomic E-state index is 0.0888. The van der Waals surface area contributed by atoms with Gasteiger partial charge in [0.25, 0.3) is 5.91 Å². The summed E-state index contributed by atoms with van der Waals surface area (Å²) in [5, 5.41) is 11.9. The van der Waals surface area contributed by atoms with E-state index < -0.39 is 11.7 Å². The van der Waals surface area contributed by atoms with Crippen molar-refractivity contribution in [1.29, 1.82) is 0 Å². The second kappa shape index (κ2) is 6.19. The highest BCUT2D eigenvalue weighted by atomic mass is 19.1. The van der Waals surface area contributed by atoms with E-state index in [1.807, 2.05) is 18.2 Å². The zero-order chi connectivity index (χ0) is 14.5. The van der Waals surface area contributed by atoms with Crippen molar-refractivity contribution in [2.24, 2.45) is 0 Å². The van der Waals surface area contributed by atoms with Gasteiger partial charge in [-0.05, 0) is 30.2 Å². The first-order valence-corrected chi connectivity index (χ1v) is 6.49. The first-order valence-electron chi connectivity index (χ1n) is 6.49. The number of amides is 1. The number of halogens is 1. The molecule has 0 bridgehead atoms. The summed E-state index contributed by atoms with van der Waals surface area (Å²) in [5.41, 5.74) is 1.61. The number of aryl methyl sites for hydroxylation is 1. The van der Waals surface area contributed by atoms with E-state index >= 15 is 0 Å². The van der Waals surface area contributed by atoms with Gasteiger partial charge in [-0.15, -0.1) is 0 Å². The summed E-state index contributed by atoms with van der Waals surface area (Å²) < 4.78 is 13.6. The number of hydrogen-bond acceptors (Lipinski definition) is 2. The molecule has 0 aliphatic rings. The topological polar surface area (TPSA) is 49.3 Å². The van der Waals surface area contributed by atoms with Crippen LogP contribution in [0, 0.1) is 5.82 Å². The van der Waals surface area contributed by atoms with Crippen LogP contribution >= 0.6 is 0 Å². The average Bonchev–Trinajstić information content (AvgIpc) is 2.41. The number of nitrogens with one attached hydrogen (secondary N) is 1. The number of aromatic hydroxyl groups is 1. The van der Waals surface area contributed by atoms with Gasteiger partial charge in [0.05, 0.1) is 5.56 Å². The maximum absolute atomic E-state index is 13.6. The average molecular weight is 273 g/mol. The van der Waals surface area contributed by atoms with Crippen molar-refractivity contribution in [1.82, 2.24) is 0 Å². The Morgan fingerprint density at radius 3 is 2.70 bits per heavy atom. The third-order valence-corrected chi connectivity index (χ3v) is 2.98. The van der Waals surface area contributed by atoms with Crippen LogP contribution < -0.4 is 5.32 Å². The Morgan fingerprint density at radius 2 is 2.00 bits per heavy atom. The van der Waals surface area contributed by atoms with E-state index in [0.717, 1.165) is 24.5 Å². The van der Waals surface area contributed by atoms with E-state index in [1.54, 1.807) is 6.07 Å². The second-order valence-electron chi connectivity index (χ2n) is 4.53. The van der Waals surface area contributed by atoms with Gasteiger partial charge in [0.2, 0.25) is 0 Å². The van der Waals surface area contributed by atoms with Crippen LogP contribution in [0.2, 0.25) is 0 Å². The predicted molar refractivity (Wildman–Crippen MR) is 76.5 cm³/mol. The van der Waals surface area contributed by atoms with Gasteiger partial charge < -0.3 is 10.4 Å². The third kappa shape index (κ3) is 3.15. The second-order valence-corrected chi connectivity index (χ2v) is 4.53. The minimum atomic E-state index is -0.740. The molecule has 0 aromatic heterocycles. The lowest BCUT2D eigenvalue weighted by atomic mass is 10.1. The van der Waals surface area contributed by atoms with Crippen molar-refractivity contribution in [2.75, 3.05) is 5.32 Å². The zero-order valence-corrected chi connectivity index (χ0v) is 11.2. The van der Waals surface area contributed by atoms with Crippen molar-refractivity contribution < 1.29 is 14.3 Å². The molecule has 0 aliphatic heterocycles. The summed E-state index contributed by atoms with van der Waals surface area (Å²) in [7, 11) is 0. The van der Waals surface area contributed by atoms with E-state index in [2.05, 4.69) is 12.2 Å². The molecule has 2 rings (SSSR count). The monoisotopic (exact) mass is 273 g/mol. The molecule has 0 radical (unpaired) electrons. The van der Waals surface area contributed by atoms with Gasteiger partial charge in [-0.3, -0.25) is 4.79 Å². The lowest BCUT2D eigenvalue weighted by molar-refractivity contribution is 0.102. The maximum atomic E-state index is 13.6. The van der Waals surface area contributed by atoms with Crippen LogP contribution in [0.1, 0.15) is 29.3 Å². The van der Waals surface area contributed by atoms with Crippen molar-refractivity contribution in [3.63, 3.8) is 0 Å². The van der Waals surface area contributed by atoms with E-state index in [9.17, 15) is 9.18 Å². The van der Waals surface area contributed by atoms with Crippen LogP contribution in [0.5, 0.6) is 5.75 Å². The Bertz CT molecular complexity index is 626. The van der Waals surface area contributed by atoms with Gasteiger partial charge in [0.1, 0.15) is 11.6 Å². The number of hydrogen-bond donors (Lipinski definition) is 2. The first-order chi connectivity index (χ1) is 9.61. The Morgan fingerprint density at radius 1 is 1.25 bits per heavy atom. The van der Waals surface area contributed by atoms with Crippen LogP contribution in [-0.4, -0.2) is 11.0 Å². The largest absolute Gasteiger partial charge is 0.508 e. The molecule has 0 saturated carbocycles. The molecule has 0 saturated heterocycles. The number of carbonyl (C=O) groups is 1. The number of anilines is 1. The van der Waals surface area contributed by atoms with Gasteiger partial charge in [-0.1, -0.05) is 31.5 Å². The van der Waals surface area contributed by atoms with E-state index in [-0.39, 0.29) is 11.3 Å². The number of para-hydroxylation sites is 1. The predicted octanol–water partition coefficient (Wildman–Crippen LogP) is 3.74. The van der Waals surface area contributed by atoms with Crippen LogP contribution in [0.15, 0.2) is 42.5 Å². The molecule has 0 fully saturated rings. The highest BCUT2D eigenvalue weighted by molar-refractivity contribution is 6.04. The normalized spacial score (nSPS) is 10.3. The molecule has 4 heteroatoms. The molecular weight excluding hydrogens is 257 g/mol. The van der Waals surface area contributed by atoms with Crippen LogP contribution in [0.25, 0.3) is 0 Å².